The first-order chi connectivity index (χ1) is 8.23. The van der Waals surface area contributed by atoms with Gasteiger partial charge in [0, 0.05) is 31.8 Å². The lowest BCUT2D eigenvalue weighted by molar-refractivity contribution is 0.0202. The van der Waals surface area contributed by atoms with Gasteiger partial charge in [0.15, 0.2) is 0 Å². The van der Waals surface area contributed by atoms with Gasteiger partial charge < -0.3 is 10.5 Å². The van der Waals surface area contributed by atoms with Crippen LogP contribution in [0, 0.1) is 5.92 Å². The Bertz CT molecular complexity index is 246. The van der Waals surface area contributed by atoms with Crippen LogP contribution in [0.5, 0.6) is 0 Å². The van der Waals surface area contributed by atoms with Crippen LogP contribution in [0.25, 0.3) is 0 Å². The highest BCUT2D eigenvalue weighted by molar-refractivity contribution is 5.02. The van der Waals surface area contributed by atoms with Gasteiger partial charge in [-0.15, -0.1) is 0 Å². The van der Waals surface area contributed by atoms with Gasteiger partial charge in [-0.25, -0.2) is 0 Å². The van der Waals surface area contributed by atoms with Crippen molar-refractivity contribution in [2.75, 3.05) is 26.2 Å². The minimum absolute atomic E-state index is 0.275. The van der Waals surface area contributed by atoms with E-state index >= 15 is 0 Å². The Balaban J connectivity index is 2.15. The second-order valence-electron chi connectivity index (χ2n) is 5.79. The summed E-state index contributed by atoms with van der Waals surface area (Å²) in [5.74, 6) is 0.790. The predicted molar refractivity (Wildman–Crippen MR) is 71.0 cm³/mol. The number of hydrogen-bond donors (Lipinski definition) is 1. The maximum atomic E-state index is 6.18. The molecule has 3 nitrogen and oxygen atoms in total. The summed E-state index contributed by atoms with van der Waals surface area (Å²) in [7, 11) is 0. The molecule has 2 N–H and O–H groups in total. The van der Waals surface area contributed by atoms with Gasteiger partial charge in [0.1, 0.15) is 0 Å². The first-order valence-corrected chi connectivity index (χ1v) is 7.29. The second kappa shape index (κ2) is 5.68. The second-order valence-corrected chi connectivity index (χ2v) is 5.79. The van der Waals surface area contributed by atoms with Crippen LogP contribution >= 0.6 is 0 Å². The zero-order valence-electron chi connectivity index (χ0n) is 11.5. The molecule has 0 aromatic rings. The van der Waals surface area contributed by atoms with Crippen LogP contribution < -0.4 is 5.73 Å². The van der Waals surface area contributed by atoms with Gasteiger partial charge in [-0.3, -0.25) is 4.90 Å². The summed E-state index contributed by atoms with van der Waals surface area (Å²) in [6, 6.07) is 0. The predicted octanol–water partition coefficient (Wildman–Crippen LogP) is 2.00. The molecule has 0 aromatic carbocycles. The summed E-state index contributed by atoms with van der Waals surface area (Å²) in [5.41, 5.74) is 6.45. The highest BCUT2D eigenvalue weighted by Gasteiger charge is 2.45. The first kappa shape index (κ1) is 13.3. The molecule has 0 amide bonds. The van der Waals surface area contributed by atoms with Crippen molar-refractivity contribution >= 4 is 0 Å². The molecule has 1 saturated heterocycles. The number of ether oxygens (including phenoxy) is 1. The molecule has 2 fully saturated rings. The standard InChI is InChI=1S/C14H28N2O/c1-3-13-6-4-7-14(13,11-15)16-8-5-9-17-12(2)10-16/h12-13H,3-11,15H2,1-2H3. The van der Waals surface area contributed by atoms with Gasteiger partial charge in [0.25, 0.3) is 0 Å². The summed E-state index contributed by atoms with van der Waals surface area (Å²) >= 11 is 0. The van der Waals surface area contributed by atoms with Crippen LogP contribution in [0.2, 0.25) is 0 Å². The fraction of sp³-hybridized carbons (Fsp3) is 1.00. The highest BCUT2D eigenvalue weighted by atomic mass is 16.5. The number of nitrogens with zero attached hydrogens (tertiary/aromatic N) is 1. The maximum absolute atomic E-state index is 6.18. The van der Waals surface area contributed by atoms with Crippen LogP contribution in [0.1, 0.15) is 46.0 Å². The SMILES string of the molecule is CCC1CCCC1(CN)N1CCCOC(C)C1. The molecule has 3 atom stereocenters. The van der Waals surface area contributed by atoms with Crippen molar-refractivity contribution in [1.29, 1.82) is 0 Å². The largest absolute Gasteiger partial charge is 0.377 e. The van der Waals surface area contributed by atoms with Gasteiger partial charge in [0.05, 0.1) is 6.10 Å². The monoisotopic (exact) mass is 240 g/mol. The zero-order chi connectivity index (χ0) is 12.3. The average molecular weight is 240 g/mol. The van der Waals surface area contributed by atoms with E-state index in [1.54, 1.807) is 0 Å². The van der Waals surface area contributed by atoms with Gasteiger partial charge in [-0.05, 0) is 32.1 Å². The Kier molecular flexibility index (Phi) is 4.45. The van der Waals surface area contributed by atoms with Crippen molar-refractivity contribution in [1.82, 2.24) is 4.90 Å². The van der Waals surface area contributed by atoms with Gasteiger partial charge in [0.2, 0.25) is 0 Å². The zero-order valence-corrected chi connectivity index (χ0v) is 11.5. The number of hydrogen-bond acceptors (Lipinski definition) is 3. The quantitative estimate of drug-likeness (QED) is 0.820. The van der Waals surface area contributed by atoms with E-state index in [-0.39, 0.29) is 5.54 Å². The van der Waals surface area contributed by atoms with Crippen molar-refractivity contribution < 1.29 is 4.74 Å². The molecule has 1 heterocycles. The van der Waals surface area contributed by atoms with Crippen molar-refractivity contribution in [2.45, 2.75) is 57.6 Å². The van der Waals surface area contributed by atoms with Crippen LogP contribution in [0.15, 0.2) is 0 Å². The normalized spacial score (nSPS) is 40.4. The van der Waals surface area contributed by atoms with Crippen molar-refractivity contribution in [3.8, 4) is 0 Å². The summed E-state index contributed by atoms with van der Waals surface area (Å²) in [5, 5.41) is 0. The highest BCUT2D eigenvalue weighted by Crippen LogP contribution is 2.42. The first-order valence-electron chi connectivity index (χ1n) is 7.29. The summed E-state index contributed by atoms with van der Waals surface area (Å²) in [6.45, 7) is 8.47. The van der Waals surface area contributed by atoms with Crippen LogP contribution in [-0.4, -0.2) is 42.8 Å². The van der Waals surface area contributed by atoms with E-state index in [9.17, 15) is 0 Å². The molecule has 0 aromatic heterocycles. The molecule has 1 saturated carbocycles. The van der Waals surface area contributed by atoms with Crippen molar-refractivity contribution in [3.05, 3.63) is 0 Å². The number of rotatable bonds is 3. The lowest BCUT2D eigenvalue weighted by Gasteiger charge is -2.45. The minimum Gasteiger partial charge on any atom is -0.377 e. The third-order valence-electron chi connectivity index (χ3n) is 4.85. The van der Waals surface area contributed by atoms with Crippen LogP contribution in [-0.2, 0) is 4.74 Å². The molecule has 2 rings (SSSR count). The van der Waals surface area contributed by atoms with E-state index in [1.807, 2.05) is 0 Å². The summed E-state index contributed by atoms with van der Waals surface area (Å²) < 4.78 is 5.77. The molecule has 2 aliphatic rings. The molecule has 0 spiro atoms. The van der Waals surface area contributed by atoms with Crippen molar-refractivity contribution in [2.24, 2.45) is 11.7 Å². The molecular formula is C14H28N2O. The summed E-state index contributed by atoms with van der Waals surface area (Å²) in [6.07, 6.45) is 6.78. The number of nitrogens with two attached hydrogens (primary N) is 1. The van der Waals surface area contributed by atoms with E-state index in [4.69, 9.17) is 10.5 Å². The van der Waals surface area contributed by atoms with Gasteiger partial charge in [-0.2, -0.15) is 0 Å². The Hall–Kier alpha value is -0.120. The fourth-order valence-electron chi connectivity index (χ4n) is 3.92. The topological polar surface area (TPSA) is 38.5 Å². The van der Waals surface area contributed by atoms with E-state index in [0.717, 1.165) is 38.6 Å². The van der Waals surface area contributed by atoms with Crippen LogP contribution in [0.3, 0.4) is 0 Å². The van der Waals surface area contributed by atoms with Crippen molar-refractivity contribution in [3.63, 3.8) is 0 Å². The molecule has 1 aliphatic heterocycles. The van der Waals surface area contributed by atoms with Gasteiger partial charge >= 0.3 is 0 Å². The third kappa shape index (κ3) is 2.51. The molecule has 100 valence electrons. The van der Waals surface area contributed by atoms with E-state index in [1.165, 1.54) is 25.7 Å². The Morgan fingerprint density at radius 2 is 2.24 bits per heavy atom. The molecule has 3 unspecified atom stereocenters. The van der Waals surface area contributed by atoms with Crippen LogP contribution in [0.4, 0.5) is 0 Å². The smallest absolute Gasteiger partial charge is 0.0674 e. The Morgan fingerprint density at radius 3 is 2.94 bits per heavy atom. The minimum atomic E-state index is 0.275. The lowest BCUT2D eigenvalue weighted by atomic mass is 9.83. The van der Waals surface area contributed by atoms with E-state index < -0.39 is 0 Å². The average Bonchev–Trinajstić information content (AvgIpc) is 2.65. The van der Waals surface area contributed by atoms with Gasteiger partial charge in [-0.1, -0.05) is 19.8 Å². The molecule has 3 heteroatoms. The molecule has 0 bridgehead atoms. The maximum Gasteiger partial charge on any atom is 0.0674 e. The summed E-state index contributed by atoms with van der Waals surface area (Å²) in [4.78, 5) is 2.66. The molecule has 1 aliphatic carbocycles. The Labute approximate surface area is 106 Å². The molecule has 17 heavy (non-hydrogen) atoms. The molecular weight excluding hydrogens is 212 g/mol. The van der Waals surface area contributed by atoms with E-state index in [0.29, 0.717) is 6.10 Å². The van der Waals surface area contributed by atoms with E-state index in [2.05, 4.69) is 18.7 Å². The molecule has 0 radical (unpaired) electrons. The fourth-order valence-corrected chi connectivity index (χ4v) is 3.92. The third-order valence-corrected chi connectivity index (χ3v) is 4.85. The lowest BCUT2D eigenvalue weighted by Crippen LogP contribution is -2.57. The Morgan fingerprint density at radius 1 is 1.41 bits per heavy atom.